The lowest BCUT2D eigenvalue weighted by Gasteiger charge is -2.45. The number of fused-ring (bicyclic) bond motifs is 1. The molecule has 3 unspecified atom stereocenters. The van der Waals surface area contributed by atoms with Gasteiger partial charge in [0.1, 0.15) is 12.6 Å². The van der Waals surface area contributed by atoms with E-state index in [1.807, 2.05) is 18.7 Å². The van der Waals surface area contributed by atoms with Crippen LogP contribution in [0.2, 0.25) is 0 Å². The Morgan fingerprint density at radius 2 is 1.97 bits per heavy atom. The number of ether oxygens (including phenoxy) is 1. The fourth-order valence-corrected chi connectivity index (χ4v) is 9.91. The Morgan fingerprint density at radius 1 is 1.27 bits per heavy atom. The predicted octanol–water partition coefficient (Wildman–Crippen LogP) is 3.81. The summed E-state index contributed by atoms with van der Waals surface area (Å²) in [7, 11) is 0. The number of hydrogen-bond acceptors (Lipinski definition) is 6. The minimum absolute atomic E-state index is 0.00526. The van der Waals surface area contributed by atoms with Gasteiger partial charge in [0.2, 0.25) is 11.8 Å². The zero-order valence-corrected chi connectivity index (χ0v) is 23.5. The van der Waals surface area contributed by atoms with Crippen LogP contribution in [0.1, 0.15) is 65.7 Å². The summed E-state index contributed by atoms with van der Waals surface area (Å²) in [5.41, 5.74) is 0. The molecule has 3 aliphatic heterocycles. The number of likely N-dealkylation sites (tertiary alicyclic amines) is 1. The van der Waals surface area contributed by atoms with Gasteiger partial charge in [0.15, 0.2) is 0 Å². The number of thioether (sulfide) groups is 1. The highest BCUT2D eigenvalue weighted by Gasteiger charge is 2.77. The quantitative estimate of drug-likeness (QED) is 0.322. The molecule has 4 rings (SSSR count). The molecule has 8 heteroatoms. The van der Waals surface area contributed by atoms with E-state index in [1.165, 1.54) is 12.5 Å². The molecule has 0 aromatic rings. The topological polar surface area (TPSA) is 87.1 Å². The summed E-state index contributed by atoms with van der Waals surface area (Å²) >= 11 is 1.66. The van der Waals surface area contributed by atoms with E-state index in [4.69, 9.17) is 4.74 Å². The highest BCUT2D eigenvalue weighted by atomic mass is 32.2. The van der Waals surface area contributed by atoms with Gasteiger partial charge < -0.3 is 19.6 Å². The summed E-state index contributed by atoms with van der Waals surface area (Å²) in [5, 5.41) is 10.5. The third-order valence-electron chi connectivity index (χ3n) is 9.50. The van der Waals surface area contributed by atoms with Crippen molar-refractivity contribution < 1.29 is 24.2 Å². The van der Waals surface area contributed by atoms with E-state index in [-0.39, 0.29) is 54.1 Å². The highest BCUT2D eigenvalue weighted by Crippen LogP contribution is 2.69. The van der Waals surface area contributed by atoms with Gasteiger partial charge in [-0.2, -0.15) is 0 Å². The van der Waals surface area contributed by atoms with Crippen LogP contribution in [-0.4, -0.2) is 80.6 Å². The minimum atomic E-state index is -0.722. The van der Waals surface area contributed by atoms with E-state index >= 15 is 0 Å². The monoisotopic (exact) mass is 532 g/mol. The number of nitrogens with zero attached hydrogens (tertiary/aromatic N) is 2. The average molecular weight is 533 g/mol. The zero-order chi connectivity index (χ0) is 26.9. The maximum atomic E-state index is 14.7. The summed E-state index contributed by atoms with van der Waals surface area (Å²) in [6, 6.07) is -1.09. The first-order chi connectivity index (χ1) is 17.8. The lowest BCUT2D eigenvalue weighted by molar-refractivity contribution is -0.154. The van der Waals surface area contributed by atoms with Crippen molar-refractivity contribution in [3.63, 3.8) is 0 Å². The number of aliphatic hydroxyl groups is 1. The van der Waals surface area contributed by atoms with Gasteiger partial charge in [-0.25, -0.2) is 0 Å². The Morgan fingerprint density at radius 3 is 2.57 bits per heavy atom. The molecule has 4 aliphatic rings. The lowest BCUT2D eigenvalue weighted by Crippen LogP contribution is -2.61. The Kier molecular flexibility index (Phi) is 8.79. The van der Waals surface area contributed by atoms with E-state index in [2.05, 4.69) is 20.1 Å². The van der Waals surface area contributed by atoms with Crippen molar-refractivity contribution in [2.75, 3.05) is 19.8 Å². The first-order valence-corrected chi connectivity index (χ1v) is 15.0. The molecule has 0 aromatic heterocycles. The molecule has 7 nitrogen and oxygen atoms in total. The fraction of sp³-hybridized carbons (Fsp3) is 0.759. The normalized spacial score (nSPS) is 34.6. The van der Waals surface area contributed by atoms with E-state index < -0.39 is 28.7 Å². The van der Waals surface area contributed by atoms with E-state index in [0.717, 1.165) is 38.5 Å². The van der Waals surface area contributed by atoms with Gasteiger partial charge in [-0.05, 0) is 31.1 Å². The molecule has 0 aromatic carbocycles. The molecule has 1 saturated carbocycles. The fourth-order valence-electron chi connectivity index (χ4n) is 7.52. The Bertz CT molecular complexity index is 905. The molecule has 2 bridgehead atoms. The van der Waals surface area contributed by atoms with Crippen molar-refractivity contribution in [1.29, 1.82) is 0 Å². The number of amides is 2. The van der Waals surface area contributed by atoms with Gasteiger partial charge in [-0.15, -0.1) is 18.3 Å². The molecule has 37 heavy (non-hydrogen) atoms. The summed E-state index contributed by atoms with van der Waals surface area (Å²) < 4.78 is 4.77. The summed E-state index contributed by atoms with van der Waals surface area (Å²) in [4.78, 5) is 46.0. The molecule has 2 amide bonds. The standard InChI is InChI=1S/C29H44N2O5S/c1-6-14-30(20-12-10-9-11-13-20)27(34)25-29-19(5)16-22(37-29)23(28(35)36-15-7-2)24(29)26(33)31(25)21(17-32)18(4)8-3/h6-7,18-25,32H,1-2,8-17H2,3-5H3/t18-,19?,21-,22+,23-,24-,25?,29?/m0/s1. The zero-order valence-electron chi connectivity index (χ0n) is 22.6. The van der Waals surface area contributed by atoms with Crippen LogP contribution in [0.3, 0.4) is 0 Å². The second-order valence-electron chi connectivity index (χ2n) is 11.4. The van der Waals surface area contributed by atoms with Crippen LogP contribution >= 0.6 is 11.8 Å². The number of carbonyl (C=O) groups excluding carboxylic acids is 3. The van der Waals surface area contributed by atoms with Crippen molar-refractivity contribution in [2.45, 2.75) is 93.8 Å². The van der Waals surface area contributed by atoms with Crippen molar-refractivity contribution in [2.24, 2.45) is 23.7 Å². The van der Waals surface area contributed by atoms with Crippen LogP contribution in [0.4, 0.5) is 0 Å². The molecular weight excluding hydrogens is 488 g/mol. The SMILES string of the molecule is C=CCOC(=O)[C@@H]1[C@H]2C(=O)N([C@@H](CO)[C@@H](C)CC)C(C(=O)N(CC=C)C3CCCCC3)C23S[C@@H]1CC3C. The van der Waals surface area contributed by atoms with Gasteiger partial charge >= 0.3 is 5.97 Å². The van der Waals surface area contributed by atoms with Crippen molar-refractivity contribution in [1.82, 2.24) is 9.80 Å². The Hall–Kier alpha value is -1.80. The molecule has 1 aliphatic carbocycles. The molecule has 206 valence electrons. The maximum Gasteiger partial charge on any atom is 0.311 e. The predicted molar refractivity (Wildman–Crippen MR) is 146 cm³/mol. The highest BCUT2D eigenvalue weighted by molar-refractivity contribution is 8.02. The van der Waals surface area contributed by atoms with Crippen LogP contribution in [0.25, 0.3) is 0 Å². The average Bonchev–Trinajstić information content (AvgIpc) is 3.50. The summed E-state index contributed by atoms with van der Waals surface area (Å²) in [6.07, 6.45) is 10.1. The molecule has 3 saturated heterocycles. The second kappa shape index (κ2) is 11.5. The largest absolute Gasteiger partial charge is 0.461 e. The van der Waals surface area contributed by atoms with Gasteiger partial charge in [0.25, 0.3) is 0 Å². The molecule has 8 atom stereocenters. The summed E-state index contributed by atoms with van der Waals surface area (Å²) in [5.74, 6) is -1.75. The number of carbonyl (C=O) groups is 3. The van der Waals surface area contributed by atoms with Crippen LogP contribution in [-0.2, 0) is 19.1 Å². The van der Waals surface area contributed by atoms with Gasteiger partial charge in [-0.1, -0.05) is 65.2 Å². The van der Waals surface area contributed by atoms with E-state index in [0.29, 0.717) is 6.54 Å². The van der Waals surface area contributed by atoms with Crippen LogP contribution in [0, 0.1) is 23.7 Å². The van der Waals surface area contributed by atoms with Gasteiger partial charge in [-0.3, -0.25) is 14.4 Å². The second-order valence-corrected chi connectivity index (χ2v) is 13.0. The van der Waals surface area contributed by atoms with Crippen LogP contribution in [0.5, 0.6) is 0 Å². The molecule has 0 radical (unpaired) electrons. The summed E-state index contributed by atoms with van der Waals surface area (Å²) in [6.45, 7) is 14.1. The molecular formula is C29H44N2O5S. The number of aliphatic hydroxyl groups excluding tert-OH is 1. The Labute approximate surface area is 226 Å². The molecule has 1 spiro atoms. The third kappa shape index (κ3) is 4.56. The first kappa shape index (κ1) is 28.2. The van der Waals surface area contributed by atoms with E-state index in [1.54, 1.807) is 22.7 Å². The van der Waals surface area contributed by atoms with Crippen LogP contribution in [0.15, 0.2) is 25.3 Å². The number of esters is 1. The molecule has 3 heterocycles. The van der Waals surface area contributed by atoms with E-state index in [9.17, 15) is 19.5 Å². The van der Waals surface area contributed by atoms with Gasteiger partial charge in [0, 0.05) is 17.8 Å². The number of rotatable bonds is 11. The van der Waals surface area contributed by atoms with Crippen molar-refractivity contribution >= 4 is 29.5 Å². The van der Waals surface area contributed by atoms with Crippen molar-refractivity contribution in [3.05, 3.63) is 25.3 Å². The maximum absolute atomic E-state index is 14.7. The Balaban J connectivity index is 1.81. The third-order valence-corrected chi connectivity index (χ3v) is 11.6. The molecule has 1 N–H and O–H groups in total. The minimum Gasteiger partial charge on any atom is -0.461 e. The molecule has 4 fully saturated rings. The number of hydrogen-bond donors (Lipinski definition) is 1. The van der Waals surface area contributed by atoms with Gasteiger partial charge in [0.05, 0.1) is 29.2 Å². The lowest BCUT2D eigenvalue weighted by atomic mass is 9.66. The van der Waals surface area contributed by atoms with Crippen molar-refractivity contribution in [3.8, 4) is 0 Å². The first-order valence-electron chi connectivity index (χ1n) is 14.1. The van der Waals surface area contributed by atoms with Crippen LogP contribution < -0.4 is 0 Å². The smallest absolute Gasteiger partial charge is 0.311 e.